The lowest BCUT2D eigenvalue weighted by Gasteiger charge is -2.11. The van der Waals surface area contributed by atoms with Gasteiger partial charge < -0.3 is 15.8 Å². The zero-order valence-corrected chi connectivity index (χ0v) is 12.2. The van der Waals surface area contributed by atoms with E-state index in [0.717, 1.165) is 4.47 Å². The van der Waals surface area contributed by atoms with Crippen LogP contribution in [0.25, 0.3) is 0 Å². The van der Waals surface area contributed by atoms with Crippen molar-refractivity contribution in [2.24, 2.45) is 0 Å². The molecule has 0 heterocycles. The number of halogens is 1. The number of benzene rings is 2. The fourth-order valence-electron chi connectivity index (χ4n) is 1.74. The van der Waals surface area contributed by atoms with Crippen LogP contribution >= 0.6 is 15.9 Å². The Bertz CT molecular complexity index is 661. The molecule has 2 aromatic rings. The van der Waals surface area contributed by atoms with E-state index in [-0.39, 0.29) is 11.4 Å². The SMILES string of the molecule is COc1ccc(Br)c(Nc2cccc(N)c2[N+](=O)[O-])c1. The predicted octanol–water partition coefficient (Wildman–Crippen LogP) is 3.69. The maximum atomic E-state index is 11.1. The number of nitrogen functional groups attached to an aromatic ring is 1. The van der Waals surface area contributed by atoms with Gasteiger partial charge in [0.15, 0.2) is 0 Å². The Hall–Kier alpha value is -2.28. The Morgan fingerprint density at radius 1 is 1.30 bits per heavy atom. The van der Waals surface area contributed by atoms with Gasteiger partial charge in [-0.1, -0.05) is 6.07 Å². The second kappa shape index (κ2) is 5.79. The average Bonchev–Trinajstić information content (AvgIpc) is 2.41. The van der Waals surface area contributed by atoms with Gasteiger partial charge >= 0.3 is 5.69 Å². The quantitative estimate of drug-likeness (QED) is 0.504. The number of nitrogens with one attached hydrogen (secondary N) is 1. The molecule has 3 N–H and O–H groups in total. The van der Waals surface area contributed by atoms with Gasteiger partial charge in [-0.25, -0.2) is 0 Å². The van der Waals surface area contributed by atoms with Crippen LogP contribution in [-0.2, 0) is 0 Å². The second-order valence-electron chi connectivity index (χ2n) is 3.97. The van der Waals surface area contributed by atoms with Crippen LogP contribution in [-0.4, -0.2) is 12.0 Å². The number of hydrogen-bond donors (Lipinski definition) is 2. The summed E-state index contributed by atoms with van der Waals surface area (Å²) in [5.41, 5.74) is 6.59. The van der Waals surface area contributed by atoms with Crippen molar-refractivity contribution >= 4 is 38.7 Å². The van der Waals surface area contributed by atoms with Crippen LogP contribution in [0.15, 0.2) is 40.9 Å². The normalized spacial score (nSPS) is 10.1. The van der Waals surface area contributed by atoms with Crippen molar-refractivity contribution in [1.82, 2.24) is 0 Å². The lowest BCUT2D eigenvalue weighted by molar-refractivity contribution is -0.383. The molecule has 0 spiro atoms. The highest BCUT2D eigenvalue weighted by Gasteiger charge is 2.18. The van der Waals surface area contributed by atoms with E-state index in [0.29, 0.717) is 17.1 Å². The Kier molecular flexibility index (Phi) is 4.09. The van der Waals surface area contributed by atoms with Crippen LogP contribution in [0.1, 0.15) is 0 Å². The molecule has 0 atom stereocenters. The zero-order chi connectivity index (χ0) is 14.7. The average molecular weight is 338 g/mol. The fraction of sp³-hybridized carbons (Fsp3) is 0.0769. The molecule has 0 bridgehead atoms. The maximum Gasteiger partial charge on any atom is 0.315 e. The number of para-hydroxylation sites is 1. The summed E-state index contributed by atoms with van der Waals surface area (Å²) >= 11 is 3.38. The Labute approximate surface area is 123 Å². The van der Waals surface area contributed by atoms with Crippen LogP contribution in [0, 0.1) is 10.1 Å². The largest absolute Gasteiger partial charge is 0.497 e. The first kappa shape index (κ1) is 14.1. The summed E-state index contributed by atoms with van der Waals surface area (Å²) in [6, 6.07) is 10.0. The number of methoxy groups -OCH3 is 1. The van der Waals surface area contributed by atoms with E-state index in [1.54, 1.807) is 37.4 Å². The van der Waals surface area contributed by atoms with Crippen LogP contribution in [0.3, 0.4) is 0 Å². The van der Waals surface area contributed by atoms with Crippen LogP contribution in [0.2, 0.25) is 0 Å². The van der Waals surface area contributed by atoms with Crippen LogP contribution in [0.5, 0.6) is 5.75 Å². The molecule has 20 heavy (non-hydrogen) atoms. The molecule has 0 saturated heterocycles. The Morgan fingerprint density at radius 3 is 2.70 bits per heavy atom. The molecule has 6 nitrogen and oxygen atoms in total. The van der Waals surface area contributed by atoms with Gasteiger partial charge in [0, 0.05) is 10.5 Å². The minimum absolute atomic E-state index is 0.110. The molecule has 0 aliphatic carbocycles. The molecular formula is C13H12BrN3O3. The smallest absolute Gasteiger partial charge is 0.315 e. The minimum Gasteiger partial charge on any atom is -0.497 e. The summed E-state index contributed by atoms with van der Waals surface area (Å²) in [4.78, 5) is 10.6. The molecule has 0 saturated carbocycles. The van der Waals surface area contributed by atoms with Gasteiger partial charge in [0.1, 0.15) is 17.1 Å². The highest BCUT2D eigenvalue weighted by molar-refractivity contribution is 9.10. The van der Waals surface area contributed by atoms with Gasteiger partial charge in [-0.2, -0.15) is 0 Å². The topological polar surface area (TPSA) is 90.4 Å². The standard InChI is InChI=1S/C13H12BrN3O3/c1-20-8-5-6-9(14)12(7-8)16-11-4-2-3-10(15)13(11)17(18)19/h2-7,16H,15H2,1H3. The first-order valence-electron chi connectivity index (χ1n) is 5.66. The lowest BCUT2D eigenvalue weighted by Crippen LogP contribution is -2.01. The first-order valence-corrected chi connectivity index (χ1v) is 6.45. The van der Waals surface area contributed by atoms with Crippen molar-refractivity contribution in [2.45, 2.75) is 0 Å². The summed E-state index contributed by atoms with van der Waals surface area (Å²) < 4.78 is 5.89. The third kappa shape index (κ3) is 2.83. The van der Waals surface area contributed by atoms with E-state index in [1.165, 1.54) is 6.07 Å². The molecule has 0 aromatic heterocycles. The van der Waals surface area contributed by atoms with Crippen molar-refractivity contribution in [2.75, 3.05) is 18.2 Å². The van der Waals surface area contributed by atoms with E-state index in [1.807, 2.05) is 0 Å². The van der Waals surface area contributed by atoms with Crippen molar-refractivity contribution in [3.8, 4) is 5.75 Å². The molecule has 2 rings (SSSR count). The number of nitro groups is 1. The van der Waals surface area contributed by atoms with E-state index >= 15 is 0 Å². The van der Waals surface area contributed by atoms with E-state index < -0.39 is 4.92 Å². The predicted molar refractivity (Wildman–Crippen MR) is 81.5 cm³/mol. The molecule has 7 heteroatoms. The number of rotatable bonds is 4. The summed E-state index contributed by atoms with van der Waals surface area (Å²) in [5.74, 6) is 0.641. The van der Waals surface area contributed by atoms with Crippen LogP contribution in [0.4, 0.5) is 22.7 Å². The van der Waals surface area contributed by atoms with Crippen molar-refractivity contribution in [3.05, 3.63) is 51.0 Å². The highest BCUT2D eigenvalue weighted by Crippen LogP contribution is 2.36. The number of nitrogens with two attached hydrogens (primary N) is 1. The molecule has 0 radical (unpaired) electrons. The molecule has 0 aliphatic heterocycles. The third-order valence-corrected chi connectivity index (χ3v) is 3.38. The third-order valence-electron chi connectivity index (χ3n) is 2.69. The van der Waals surface area contributed by atoms with Crippen molar-refractivity contribution < 1.29 is 9.66 Å². The van der Waals surface area contributed by atoms with Gasteiger partial charge in [0.05, 0.1) is 17.7 Å². The molecule has 104 valence electrons. The number of nitro benzene ring substituents is 1. The van der Waals surface area contributed by atoms with Gasteiger partial charge in [0.2, 0.25) is 0 Å². The number of nitrogens with zero attached hydrogens (tertiary/aromatic N) is 1. The lowest BCUT2D eigenvalue weighted by atomic mass is 10.2. The fourth-order valence-corrected chi connectivity index (χ4v) is 2.08. The van der Waals surface area contributed by atoms with Crippen molar-refractivity contribution in [3.63, 3.8) is 0 Å². The van der Waals surface area contributed by atoms with Gasteiger partial charge in [-0.05, 0) is 40.2 Å². The van der Waals surface area contributed by atoms with Gasteiger partial charge in [-0.3, -0.25) is 10.1 Å². The summed E-state index contributed by atoms with van der Waals surface area (Å²) in [5, 5.41) is 14.1. The Morgan fingerprint density at radius 2 is 2.05 bits per heavy atom. The Balaban J connectivity index is 2.45. The zero-order valence-electron chi connectivity index (χ0n) is 10.6. The molecule has 2 aromatic carbocycles. The number of anilines is 3. The molecule has 0 unspecified atom stereocenters. The molecule has 0 fully saturated rings. The summed E-state index contributed by atoms with van der Waals surface area (Å²) in [7, 11) is 1.55. The van der Waals surface area contributed by atoms with Gasteiger partial charge in [0.25, 0.3) is 0 Å². The highest BCUT2D eigenvalue weighted by atomic mass is 79.9. The van der Waals surface area contributed by atoms with E-state index in [2.05, 4.69) is 21.2 Å². The molecule has 0 amide bonds. The first-order chi connectivity index (χ1) is 9.52. The minimum atomic E-state index is -0.508. The second-order valence-corrected chi connectivity index (χ2v) is 4.83. The number of ether oxygens (including phenoxy) is 1. The summed E-state index contributed by atoms with van der Waals surface area (Å²) in [6.07, 6.45) is 0. The molecule has 0 aliphatic rings. The van der Waals surface area contributed by atoms with Gasteiger partial charge in [-0.15, -0.1) is 0 Å². The van der Waals surface area contributed by atoms with E-state index in [9.17, 15) is 10.1 Å². The monoisotopic (exact) mass is 337 g/mol. The number of hydrogen-bond acceptors (Lipinski definition) is 5. The maximum absolute atomic E-state index is 11.1. The van der Waals surface area contributed by atoms with Crippen molar-refractivity contribution in [1.29, 1.82) is 0 Å². The summed E-state index contributed by atoms with van der Waals surface area (Å²) in [6.45, 7) is 0. The van der Waals surface area contributed by atoms with E-state index in [4.69, 9.17) is 10.5 Å². The molecular weight excluding hydrogens is 326 g/mol. The van der Waals surface area contributed by atoms with Crippen LogP contribution < -0.4 is 15.8 Å².